The van der Waals surface area contributed by atoms with Crippen LogP contribution in [0.1, 0.15) is 11.1 Å². The Bertz CT molecular complexity index is 1210. The van der Waals surface area contributed by atoms with Gasteiger partial charge < -0.3 is 14.2 Å². The highest BCUT2D eigenvalue weighted by Crippen LogP contribution is 2.37. The zero-order chi connectivity index (χ0) is 23.4. The molecule has 8 heteroatoms. The number of halogens is 1. The van der Waals surface area contributed by atoms with Crippen LogP contribution in [0.4, 0.5) is 5.69 Å². The second-order valence-corrected chi connectivity index (χ2v) is 9.63. The molecule has 0 spiro atoms. The summed E-state index contributed by atoms with van der Waals surface area (Å²) in [5.41, 5.74) is 2.57. The fraction of sp³-hybridized carbons (Fsp3) is 0.120. The van der Waals surface area contributed by atoms with Gasteiger partial charge in [0.05, 0.1) is 24.8 Å². The molecule has 3 aromatic carbocycles. The molecular weight excluding hydrogens is 522 g/mol. The lowest BCUT2D eigenvalue weighted by molar-refractivity contribution is -0.113. The number of benzene rings is 3. The first-order chi connectivity index (χ1) is 16.0. The van der Waals surface area contributed by atoms with Gasteiger partial charge in [0.2, 0.25) is 0 Å². The number of carbonyl (C=O) groups excluding carboxylic acids is 1. The van der Waals surface area contributed by atoms with E-state index in [0.717, 1.165) is 15.6 Å². The fourth-order valence-corrected chi connectivity index (χ4v) is 4.77. The molecular formula is C25H20BrNO4S2. The van der Waals surface area contributed by atoms with E-state index >= 15 is 0 Å². The van der Waals surface area contributed by atoms with Gasteiger partial charge in [-0.15, -0.1) is 0 Å². The first-order valence-corrected chi connectivity index (χ1v) is 12.0. The minimum absolute atomic E-state index is 0.162. The topological polar surface area (TPSA) is 48.0 Å². The van der Waals surface area contributed by atoms with Gasteiger partial charge in [0, 0.05) is 4.47 Å². The number of thioether (sulfide) groups is 1. The van der Waals surface area contributed by atoms with Crippen LogP contribution in [0.5, 0.6) is 17.2 Å². The zero-order valence-electron chi connectivity index (χ0n) is 17.9. The molecule has 1 saturated heterocycles. The van der Waals surface area contributed by atoms with E-state index < -0.39 is 0 Å². The third-order valence-corrected chi connectivity index (χ3v) is 6.75. The smallest absolute Gasteiger partial charge is 0.270 e. The van der Waals surface area contributed by atoms with Gasteiger partial charge in [0.25, 0.3) is 5.91 Å². The molecule has 33 heavy (non-hydrogen) atoms. The number of rotatable bonds is 7. The quantitative estimate of drug-likeness (QED) is 0.253. The third-order valence-electron chi connectivity index (χ3n) is 4.92. The molecule has 0 saturated carbocycles. The molecule has 168 valence electrons. The van der Waals surface area contributed by atoms with E-state index in [2.05, 4.69) is 15.9 Å². The number of thiocarbonyl (C=S) groups is 1. The van der Waals surface area contributed by atoms with Crippen LogP contribution in [0.25, 0.3) is 6.08 Å². The van der Waals surface area contributed by atoms with Gasteiger partial charge in [0.15, 0.2) is 15.8 Å². The van der Waals surface area contributed by atoms with Crippen LogP contribution in [-0.2, 0) is 11.4 Å². The second-order valence-electron chi connectivity index (χ2n) is 7.04. The molecule has 1 heterocycles. The SMILES string of the molecule is COc1ccc(N2C(=O)/C(=C\c3ccc(OCc4ccc(Br)cc4)c(OC)c3)SC2=S)cc1. The van der Waals surface area contributed by atoms with Crippen molar-refractivity contribution in [2.75, 3.05) is 19.1 Å². The first kappa shape index (κ1) is 23.4. The van der Waals surface area contributed by atoms with Crippen LogP contribution in [0.3, 0.4) is 0 Å². The van der Waals surface area contributed by atoms with Crippen LogP contribution in [0, 0.1) is 0 Å². The van der Waals surface area contributed by atoms with Gasteiger partial charge >= 0.3 is 0 Å². The summed E-state index contributed by atoms with van der Waals surface area (Å²) in [6.45, 7) is 0.420. The van der Waals surface area contributed by atoms with Crippen molar-refractivity contribution < 1.29 is 19.0 Å². The maximum absolute atomic E-state index is 13.0. The summed E-state index contributed by atoms with van der Waals surface area (Å²) in [5, 5.41) is 0. The number of nitrogens with zero attached hydrogens (tertiary/aromatic N) is 1. The summed E-state index contributed by atoms with van der Waals surface area (Å²) in [6.07, 6.45) is 1.81. The molecule has 0 radical (unpaired) electrons. The highest BCUT2D eigenvalue weighted by molar-refractivity contribution is 9.10. The van der Waals surface area contributed by atoms with Crippen molar-refractivity contribution in [3.05, 3.63) is 87.2 Å². The maximum atomic E-state index is 13.0. The Morgan fingerprint density at radius 3 is 2.36 bits per heavy atom. The summed E-state index contributed by atoms with van der Waals surface area (Å²) in [4.78, 5) is 15.1. The van der Waals surface area contributed by atoms with E-state index in [9.17, 15) is 4.79 Å². The van der Waals surface area contributed by atoms with Crippen LogP contribution >= 0.6 is 39.9 Å². The Labute approximate surface area is 210 Å². The molecule has 4 rings (SSSR count). The molecule has 0 unspecified atom stereocenters. The molecule has 0 aliphatic carbocycles. The summed E-state index contributed by atoms with van der Waals surface area (Å²) in [5.74, 6) is 1.77. The van der Waals surface area contributed by atoms with Crippen LogP contribution in [0.15, 0.2) is 76.1 Å². The summed E-state index contributed by atoms with van der Waals surface area (Å²) < 4.78 is 18.1. The van der Waals surface area contributed by atoms with Gasteiger partial charge in [0.1, 0.15) is 12.4 Å². The average molecular weight is 542 g/mol. The highest BCUT2D eigenvalue weighted by atomic mass is 79.9. The molecule has 1 aliphatic heterocycles. The van der Waals surface area contributed by atoms with Crippen LogP contribution in [-0.4, -0.2) is 24.4 Å². The predicted molar refractivity (Wildman–Crippen MR) is 140 cm³/mol. The summed E-state index contributed by atoms with van der Waals surface area (Å²) >= 11 is 10.2. The molecule has 0 aromatic heterocycles. The maximum Gasteiger partial charge on any atom is 0.270 e. The van der Waals surface area contributed by atoms with Gasteiger partial charge in [-0.3, -0.25) is 9.69 Å². The molecule has 3 aromatic rings. The number of carbonyl (C=O) groups is 1. The minimum atomic E-state index is -0.162. The molecule has 1 amide bonds. The number of hydrogen-bond donors (Lipinski definition) is 0. The average Bonchev–Trinajstić information content (AvgIpc) is 3.11. The summed E-state index contributed by atoms with van der Waals surface area (Å²) in [6, 6.07) is 20.7. The molecule has 0 bridgehead atoms. The van der Waals surface area contributed by atoms with Crippen LogP contribution in [0.2, 0.25) is 0 Å². The molecule has 5 nitrogen and oxygen atoms in total. The van der Waals surface area contributed by atoms with Crippen molar-refractivity contribution in [3.8, 4) is 17.2 Å². The Morgan fingerprint density at radius 2 is 1.70 bits per heavy atom. The van der Waals surface area contributed by atoms with Crippen molar-refractivity contribution in [2.45, 2.75) is 6.61 Å². The monoisotopic (exact) mass is 541 g/mol. The fourth-order valence-electron chi connectivity index (χ4n) is 3.21. The van der Waals surface area contributed by atoms with E-state index in [1.54, 1.807) is 26.4 Å². The number of amides is 1. The van der Waals surface area contributed by atoms with E-state index in [1.165, 1.54) is 16.7 Å². The lowest BCUT2D eigenvalue weighted by Crippen LogP contribution is -2.27. The second kappa shape index (κ2) is 10.4. The number of anilines is 1. The zero-order valence-corrected chi connectivity index (χ0v) is 21.1. The standard InChI is InChI=1S/C25H20BrNO4S2/c1-29-20-10-8-19(9-11-20)27-24(28)23(33-25(27)32)14-17-5-12-21(22(13-17)30-2)31-15-16-3-6-18(26)7-4-16/h3-14H,15H2,1-2H3/b23-14+. The van der Waals surface area contributed by atoms with Crippen molar-refractivity contribution >= 4 is 61.9 Å². The molecule has 0 N–H and O–H groups in total. The van der Waals surface area contributed by atoms with E-state index in [4.69, 9.17) is 26.4 Å². The number of ether oxygens (including phenoxy) is 3. The Balaban J connectivity index is 1.51. The molecule has 1 aliphatic rings. The normalized spacial score (nSPS) is 14.6. The van der Waals surface area contributed by atoms with Crippen molar-refractivity contribution in [2.24, 2.45) is 0 Å². The predicted octanol–water partition coefficient (Wildman–Crippen LogP) is 6.45. The Kier molecular flexibility index (Phi) is 7.37. The van der Waals surface area contributed by atoms with Gasteiger partial charge in [-0.2, -0.15) is 0 Å². The van der Waals surface area contributed by atoms with Crippen molar-refractivity contribution in [1.29, 1.82) is 0 Å². The highest BCUT2D eigenvalue weighted by Gasteiger charge is 2.33. The van der Waals surface area contributed by atoms with E-state index in [1.807, 2.05) is 60.7 Å². The Hall–Kier alpha value is -2.81. The molecule has 0 atom stereocenters. The van der Waals surface area contributed by atoms with Crippen LogP contribution < -0.4 is 19.1 Å². The van der Waals surface area contributed by atoms with E-state index in [0.29, 0.717) is 38.8 Å². The Morgan fingerprint density at radius 1 is 0.970 bits per heavy atom. The third kappa shape index (κ3) is 5.40. The van der Waals surface area contributed by atoms with Gasteiger partial charge in [-0.25, -0.2) is 0 Å². The largest absolute Gasteiger partial charge is 0.497 e. The van der Waals surface area contributed by atoms with Gasteiger partial charge in [-0.1, -0.05) is 58.1 Å². The lowest BCUT2D eigenvalue weighted by atomic mass is 10.1. The number of methoxy groups -OCH3 is 2. The van der Waals surface area contributed by atoms with Gasteiger partial charge in [-0.05, 0) is 65.7 Å². The lowest BCUT2D eigenvalue weighted by Gasteiger charge is -2.14. The number of hydrogen-bond acceptors (Lipinski definition) is 6. The molecule has 1 fully saturated rings. The summed E-state index contributed by atoms with van der Waals surface area (Å²) in [7, 11) is 3.19. The van der Waals surface area contributed by atoms with Crippen molar-refractivity contribution in [3.63, 3.8) is 0 Å². The van der Waals surface area contributed by atoms with Crippen molar-refractivity contribution in [1.82, 2.24) is 0 Å². The first-order valence-electron chi connectivity index (χ1n) is 9.96. The van der Waals surface area contributed by atoms with E-state index in [-0.39, 0.29) is 5.91 Å². The minimum Gasteiger partial charge on any atom is -0.497 e.